The van der Waals surface area contributed by atoms with Crippen LogP contribution < -0.4 is 5.73 Å². The molecule has 0 aliphatic rings. The average molecular weight is 245 g/mol. The van der Waals surface area contributed by atoms with Crippen molar-refractivity contribution in [3.63, 3.8) is 0 Å². The summed E-state index contributed by atoms with van der Waals surface area (Å²) in [6, 6.07) is 15.3. The van der Waals surface area contributed by atoms with Crippen molar-refractivity contribution in [2.45, 2.75) is 17.6 Å². The Morgan fingerprint density at radius 2 is 1.82 bits per heavy atom. The first-order valence-corrected chi connectivity index (χ1v) is 6.76. The van der Waals surface area contributed by atoms with Crippen LogP contribution in [0.15, 0.2) is 53.4 Å². The number of rotatable bonds is 3. The molecule has 0 aliphatic carbocycles. The monoisotopic (exact) mass is 245 g/mol. The van der Waals surface area contributed by atoms with Gasteiger partial charge in [0.1, 0.15) is 0 Å². The van der Waals surface area contributed by atoms with Crippen LogP contribution in [0.5, 0.6) is 0 Å². The van der Waals surface area contributed by atoms with Gasteiger partial charge in [0.25, 0.3) is 0 Å². The normalized spacial score (nSPS) is 12.3. The quantitative estimate of drug-likeness (QED) is 0.845. The molecule has 2 N–H and O–H groups in total. The van der Waals surface area contributed by atoms with Gasteiger partial charge in [-0.2, -0.15) is 0 Å². The summed E-state index contributed by atoms with van der Waals surface area (Å²) in [5.41, 5.74) is 8.58. The summed E-state index contributed by atoms with van der Waals surface area (Å²) in [5.74, 6) is 0.508. The molecule has 88 valence electrons. The van der Waals surface area contributed by atoms with Crippen LogP contribution in [0.3, 0.4) is 0 Å². The summed E-state index contributed by atoms with van der Waals surface area (Å²) >= 11 is 0. The van der Waals surface area contributed by atoms with Crippen LogP contribution in [0.4, 0.5) is 5.69 Å². The maximum absolute atomic E-state index is 12.1. The first kappa shape index (κ1) is 11.9. The minimum absolute atomic E-state index is 0.508. The number of nitrogens with two attached hydrogens (primary N) is 1. The second-order valence-electron chi connectivity index (χ2n) is 4.05. The lowest BCUT2D eigenvalue weighted by Crippen LogP contribution is -1.97. The van der Waals surface area contributed by atoms with Crippen LogP contribution in [-0.4, -0.2) is 4.21 Å². The third kappa shape index (κ3) is 3.17. The maximum atomic E-state index is 12.1. The topological polar surface area (TPSA) is 43.1 Å². The van der Waals surface area contributed by atoms with E-state index >= 15 is 0 Å². The number of hydrogen-bond donors (Lipinski definition) is 1. The van der Waals surface area contributed by atoms with Crippen molar-refractivity contribution in [2.24, 2.45) is 0 Å². The molecule has 1 atom stereocenters. The lowest BCUT2D eigenvalue weighted by molar-refractivity contribution is 0.682. The molecule has 0 fully saturated rings. The van der Waals surface area contributed by atoms with Gasteiger partial charge in [-0.15, -0.1) is 0 Å². The van der Waals surface area contributed by atoms with E-state index in [0.29, 0.717) is 11.4 Å². The molecule has 0 aromatic heterocycles. The van der Waals surface area contributed by atoms with Gasteiger partial charge in [0, 0.05) is 10.6 Å². The van der Waals surface area contributed by atoms with Gasteiger partial charge in [-0.1, -0.05) is 29.8 Å². The van der Waals surface area contributed by atoms with Crippen molar-refractivity contribution in [2.75, 3.05) is 5.73 Å². The lowest BCUT2D eigenvalue weighted by Gasteiger charge is -2.04. The molecular formula is C14H15NOS. The van der Waals surface area contributed by atoms with Crippen molar-refractivity contribution in [1.29, 1.82) is 0 Å². The molecule has 2 rings (SSSR count). The van der Waals surface area contributed by atoms with E-state index in [4.69, 9.17) is 5.73 Å². The summed E-state index contributed by atoms with van der Waals surface area (Å²) in [7, 11) is -1.01. The predicted molar refractivity (Wildman–Crippen MR) is 72.1 cm³/mol. The van der Waals surface area contributed by atoms with Gasteiger partial charge in [0.05, 0.1) is 16.6 Å². The molecular weight excluding hydrogens is 230 g/mol. The highest BCUT2D eigenvalue weighted by Gasteiger charge is 2.04. The van der Waals surface area contributed by atoms with E-state index in [9.17, 15) is 4.21 Å². The summed E-state index contributed by atoms with van der Waals surface area (Å²) in [5, 5.41) is 0. The maximum Gasteiger partial charge on any atom is 0.0574 e. The fourth-order valence-corrected chi connectivity index (χ4v) is 2.70. The highest BCUT2D eigenvalue weighted by atomic mass is 32.2. The van der Waals surface area contributed by atoms with E-state index < -0.39 is 10.8 Å². The second kappa shape index (κ2) is 5.15. The Hall–Kier alpha value is -1.61. The van der Waals surface area contributed by atoms with Gasteiger partial charge in [-0.05, 0) is 36.8 Å². The standard InChI is InChI=1S/C14H15NOS/c1-11-5-7-14(8-6-11)17(16)10-12-3-2-4-13(15)9-12/h2-9H,10,15H2,1H3. The first-order chi connectivity index (χ1) is 8.15. The molecule has 17 heavy (non-hydrogen) atoms. The van der Waals surface area contributed by atoms with Crippen LogP contribution in [0, 0.1) is 6.92 Å². The summed E-state index contributed by atoms with van der Waals surface area (Å²) < 4.78 is 12.1. The zero-order chi connectivity index (χ0) is 12.3. The Kier molecular flexibility index (Phi) is 3.59. The van der Waals surface area contributed by atoms with E-state index in [2.05, 4.69) is 0 Å². The fraction of sp³-hybridized carbons (Fsp3) is 0.143. The molecule has 0 amide bonds. The summed E-state index contributed by atoms with van der Waals surface area (Å²) in [4.78, 5) is 0.859. The molecule has 0 radical (unpaired) electrons. The van der Waals surface area contributed by atoms with E-state index in [0.717, 1.165) is 10.5 Å². The fourth-order valence-electron chi connectivity index (χ4n) is 1.61. The highest BCUT2D eigenvalue weighted by Crippen LogP contribution is 2.14. The third-order valence-corrected chi connectivity index (χ3v) is 3.93. The van der Waals surface area contributed by atoms with Crippen molar-refractivity contribution >= 4 is 16.5 Å². The Morgan fingerprint density at radius 3 is 2.47 bits per heavy atom. The molecule has 0 saturated carbocycles. The second-order valence-corrected chi connectivity index (χ2v) is 5.50. The minimum atomic E-state index is -1.01. The average Bonchev–Trinajstić information content (AvgIpc) is 2.29. The third-order valence-electron chi connectivity index (χ3n) is 2.53. The molecule has 1 unspecified atom stereocenters. The van der Waals surface area contributed by atoms with Gasteiger partial charge in [0.2, 0.25) is 0 Å². The molecule has 0 heterocycles. The molecule has 0 aliphatic heterocycles. The van der Waals surface area contributed by atoms with Crippen molar-refractivity contribution in [1.82, 2.24) is 0 Å². The summed E-state index contributed by atoms with van der Waals surface area (Å²) in [6.45, 7) is 2.02. The van der Waals surface area contributed by atoms with Gasteiger partial charge < -0.3 is 5.73 Å². The van der Waals surface area contributed by atoms with E-state index in [1.54, 1.807) is 0 Å². The lowest BCUT2D eigenvalue weighted by atomic mass is 10.2. The zero-order valence-corrected chi connectivity index (χ0v) is 10.5. The molecule has 0 saturated heterocycles. The number of hydrogen-bond acceptors (Lipinski definition) is 2. The smallest absolute Gasteiger partial charge is 0.0574 e. The Bertz CT molecular complexity index is 534. The van der Waals surface area contributed by atoms with Gasteiger partial charge in [0.15, 0.2) is 0 Å². The van der Waals surface area contributed by atoms with E-state index in [-0.39, 0.29) is 0 Å². The van der Waals surface area contributed by atoms with Crippen molar-refractivity contribution in [3.8, 4) is 0 Å². The van der Waals surface area contributed by atoms with Crippen LogP contribution in [0.25, 0.3) is 0 Å². The van der Waals surface area contributed by atoms with Crippen LogP contribution in [0.2, 0.25) is 0 Å². The SMILES string of the molecule is Cc1ccc(S(=O)Cc2cccc(N)c2)cc1. The van der Waals surface area contributed by atoms with E-state index in [1.807, 2.05) is 55.5 Å². The number of aryl methyl sites for hydroxylation is 1. The Balaban J connectivity index is 2.14. The van der Waals surface area contributed by atoms with Crippen LogP contribution >= 0.6 is 0 Å². The summed E-state index contributed by atoms with van der Waals surface area (Å²) in [6.07, 6.45) is 0. The molecule has 0 spiro atoms. The van der Waals surface area contributed by atoms with Crippen LogP contribution in [-0.2, 0) is 16.6 Å². The zero-order valence-electron chi connectivity index (χ0n) is 9.72. The Morgan fingerprint density at radius 1 is 1.12 bits per heavy atom. The minimum Gasteiger partial charge on any atom is -0.399 e. The largest absolute Gasteiger partial charge is 0.399 e. The molecule has 0 bridgehead atoms. The van der Waals surface area contributed by atoms with Crippen LogP contribution in [0.1, 0.15) is 11.1 Å². The van der Waals surface area contributed by atoms with E-state index in [1.165, 1.54) is 5.56 Å². The number of benzene rings is 2. The van der Waals surface area contributed by atoms with Crippen molar-refractivity contribution < 1.29 is 4.21 Å². The van der Waals surface area contributed by atoms with Gasteiger partial charge in [-0.25, -0.2) is 0 Å². The highest BCUT2D eigenvalue weighted by molar-refractivity contribution is 7.84. The van der Waals surface area contributed by atoms with Crippen molar-refractivity contribution in [3.05, 3.63) is 59.7 Å². The number of nitrogen functional groups attached to an aromatic ring is 1. The molecule has 2 aromatic rings. The van der Waals surface area contributed by atoms with Gasteiger partial charge in [-0.3, -0.25) is 4.21 Å². The van der Waals surface area contributed by atoms with Gasteiger partial charge >= 0.3 is 0 Å². The molecule has 2 nitrogen and oxygen atoms in total. The first-order valence-electron chi connectivity index (χ1n) is 5.44. The molecule has 2 aromatic carbocycles. The Labute approximate surface area is 104 Å². The molecule has 3 heteroatoms. The predicted octanol–water partition coefficient (Wildman–Crippen LogP) is 2.89. The number of anilines is 1.